The van der Waals surface area contributed by atoms with Gasteiger partial charge in [-0.2, -0.15) is 0 Å². The van der Waals surface area contributed by atoms with Gasteiger partial charge in [-0.15, -0.1) is 0 Å². The van der Waals surface area contributed by atoms with Gasteiger partial charge in [0, 0.05) is 12.0 Å². The number of hydrogen-bond donors (Lipinski definition) is 1. The molecule has 2 nitrogen and oxygen atoms in total. The molecule has 0 aliphatic carbocycles. The fourth-order valence-corrected chi connectivity index (χ4v) is 2.81. The van der Waals surface area contributed by atoms with Gasteiger partial charge in [-0.3, -0.25) is 0 Å². The van der Waals surface area contributed by atoms with Gasteiger partial charge in [0.15, 0.2) is 0 Å². The van der Waals surface area contributed by atoms with E-state index in [9.17, 15) is 5.11 Å². The smallest absolute Gasteiger partial charge is 0.127 e. The van der Waals surface area contributed by atoms with E-state index in [1.807, 2.05) is 27.7 Å². The van der Waals surface area contributed by atoms with Gasteiger partial charge < -0.3 is 9.84 Å². The number of phenols is 1. The minimum Gasteiger partial charge on any atom is -0.507 e. The van der Waals surface area contributed by atoms with Crippen molar-refractivity contribution in [3.05, 3.63) is 34.4 Å². The van der Waals surface area contributed by atoms with Crippen molar-refractivity contribution in [2.45, 2.75) is 59.5 Å². The number of phenolic OH excluding ortho intramolecular Hbond substituents is 1. The molecule has 1 heterocycles. The standard InChI is InChI=1S/C17H24O2/c1-6-7-9-17(5)10-8-14-13(4)15(18)11(2)12(3)16(14)19-17/h6-7,18H,8-10H2,1-5H3/b7-6+/t17-/m1/s1. The molecule has 0 saturated heterocycles. The molecule has 104 valence electrons. The number of benzene rings is 1. The summed E-state index contributed by atoms with van der Waals surface area (Å²) in [7, 11) is 0. The summed E-state index contributed by atoms with van der Waals surface area (Å²) in [6.07, 6.45) is 7.14. The van der Waals surface area contributed by atoms with Gasteiger partial charge in [0.1, 0.15) is 17.1 Å². The molecule has 2 heteroatoms. The van der Waals surface area contributed by atoms with Crippen molar-refractivity contribution in [2.24, 2.45) is 0 Å². The third-order valence-corrected chi connectivity index (χ3v) is 4.38. The molecule has 0 spiro atoms. The first-order chi connectivity index (χ1) is 8.89. The van der Waals surface area contributed by atoms with E-state index in [-0.39, 0.29) is 5.60 Å². The molecule has 1 N–H and O–H groups in total. The van der Waals surface area contributed by atoms with Crippen molar-refractivity contribution in [2.75, 3.05) is 0 Å². The monoisotopic (exact) mass is 260 g/mol. The molecule has 19 heavy (non-hydrogen) atoms. The van der Waals surface area contributed by atoms with Crippen molar-refractivity contribution in [3.63, 3.8) is 0 Å². The van der Waals surface area contributed by atoms with E-state index in [1.165, 1.54) is 5.56 Å². The molecule has 1 aromatic rings. The predicted octanol–water partition coefficient (Wildman–Crippen LogP) is 4.37. The first kappa shape index (κ1) is 14.0. The topological polar surface area (TPSA) is 29.5 Å². The van der Waals surface area contributed by atoms with Crippen LogP contribution in [0.5, 0.6) is 11.5 Å². The zero-order valence-electron chi connectivity index (χ0n) is 12.6. The average molecular weight is 260 g/mol. The summed E-state index contributed by atoms with van der Waals surface area (Å²) in [5.74, 6) is 1.42. The quantitative estimate of drug-likeness (QED) is 0.800. The van der Waals surface area contributed by atoms with Gasteiger partial charge in [0.25, 0.3) is 0 Å². The lowest BCUT2D eigenvalue weighted by molar-refractivity contribution is 0.0667. The number of aromatic hydroxyl groups is 1. The maximum absolute atomic E-state index is 10.1. The second-order valence-electron chi connectivity index (χ2n) is 5.86. The molecule has 1 aliphatic heterocycles. The zero-order chi connectivity index (χ0) is 14.2. The molecule has 1 atom stereocenters. The summed E-state index contributed by atoms with van der Waals surface area (Å²) >= 11 is 0. The average Bonchev–Trinajstić information content (AvgIpc) is 2.40. The number of rotatable bonds is 2. The van der Waals surface area contributed by atoms with Crippen molar-refractivity contribution in [3.8, 4) is 11.5 Å². The summed E-state index contributed by atoms with van der Waals surface area (Å²) < 4.78 is 6.31. The highest BCUT2D eigenvalue weighted by molar-refractivity contribution is 5.58. The minimum atomic E-state index is -0.125. The lowest BCUT2D eigenvalue weighted by Gasteiger charge is -2.37. The molecular weight excluding hydrogens is 236 g/mol. The Morgan fingerprint density at radius 1 is 1.21 bits per heavy atom. The van der Waals surface area contributed by atoms with Crippen molar-refractivity contribution < 1.29 is 9.84 Å². The van der Waals surface area contributed by atoms with E-state index < -0.39 is 0 Å². The Morgan fingerprint density at radius 3 is 2.53 bits per heavy atom. The number of ether oxygens (including phenoxy) is 1. The Morgan fingerprint density at radius 2 is 1.89 bits per heavy atom. The Hall–Kier alpha value is -1.44. The van der Waals surface area contributed by atoms with Crippen LogP contribution < -0.4 is 4.74 Å². The van der Waals surface area contributed by atoms with Crippen LogP contribution in [0.3, 0.4) is 0 Å². The Bertz CT molecular complexity index is 529. The van der Waals surface area contributed by atoms with Crippen LogP contribution in [-0.4, -0.2) is 10.7 Å². The van der Waals surface area contributed by atoms with Crippen LogP contribution in [0.1, 0.15) is 48.9 Å². The van der Waals surface area contributed by atoms with Gasteiger partial charge in [-0.05, 0) is 64.2 Å². The van der Waals surface area contributed by atoms with E-state index in [0.717, 1.165) is 41.7 Å². The van der Waals surface area contributed by atoms with Gasteiger partial charge in [0.05, 0.1) is 0 Å². The number of hydrogen-bond acceptors (Lipinski definition) is 2. The summed E-state index contributed by atoms with van der Waals surface area (Å²) in [5, 5.41) is 10.1. The maximum Gasteiger partial charge on any atom is 0.127 e. The van der Waals surface area contributed by atoms with Crippen LogP contribution in [0, 0.1) is 20.8 Å². The molecule has 2 rings (SSSR count). The normalized spacial score (nSPS) is 22.4. The lowest BCUT2D eigenvalue weighted by Crippen LogP contribution is -2.36. The third kappa shape index (κ3) is 2.36. The first-order valence-corrected chi connectivity index (χ1v) is 7.01. The predicted molar refractivity (Wildman–Crippen MR) is 79.1 cm³/mol. The largest absolute Gasteiger partial charge is 0.507 e. The molecule has 1 aliphatic rings. The maximum atomic E-state index is 10.1. The SMILES string of the molecule is C/C=C/C[C@]1(C)CCc2c(C)c(O)c(C)c(C)c2O1. The highest BCUT2D eigenvalue weighted by atomic mass is 16.5. The molecule has 1 aromatic carbocycles. The van der Waals surface area contributed by atoms with E-state index >= 15 is 0 Å². The third-order valence-electron chi connectivity index (χ3n) is 4.38. The van der Waals surface area contributed by atoms with Crippen LogP contribution in [-0.2, 0) is 6.42 Å². The fraction of sp³-hybridized carbons (Fsp3) is 0.529. The Kier molecular flexibility index (Phi) is 3.62. The molecule has 0 saturated carbocycles. The van der Waals surface area contributed by atoms with Gasteiger partial charge in [-0.25, -0.2) is 0 Å². The number of allylic oxidation sites excluding steroid dienone is 1. The summed E-state index contributed by atoms with van der Waals surface area (Å²) in [6.45, 7) is 10.2. The van der Waals surface area contributed by atoms with Crippen LogP contribution in [0.2, 0.25) is 0 Å². The zero-order valence-corrected chi connectivity index (χ0v) is 12.6. The molecule has 0 fully saturated rings. The van der Waals surface area contributed by atoms with Crippen LogP contribution >= 0.6 is 0 Å². The Balaban J connectivity index is 2.46. The van der Waals surface area contributed by atoms with Crippen LogP contribution in [0.4, 0.5) is 0 Å². The summed E-state index contributed by atoms with van der Waals surface area (Å²) in [6, 6.07) is 0. The van der Waals surface area contributed by atoms with Gasteiger partial charge >= 0.3 is 0 Å². The molecule has 0 amide bonds. The summed E-state index contributed by atoms with van der Waals surface area (Å²) in [4.78, 5) is 0. The minimum absolute atomic E-state index is 0.125. The van der Waals surface area contributed by atoms with Crippen molar-refractivity contribution in [1.29, 1.82) is 0 Å². The molecule has 0 radical (unpaired) electrons. The molecule has 0 unspecified atom stereocenters. The highest BCUT2D eigenvalue weighted by Crippen LogP contribution is 2.44. The van der Waals surface area contributed by atoms with Crippen LogP contribution in [0.25, 0.3) is 0 Å². The second-order valence-corrected chi connectivity index (χ2v) is 5.86. The second kappa shape index (κ2) is 4.92. The van der Waals surface area contributed by atoms with Gasteiger partial charge in [-0.1, -0.05) is 12.2 Å². The lowest BCUT2D eigenvalue weighted by atomic mass is 9.85. The van der Waals surface area contributed by atoms with Crippen molar-refractivity contribution in [1.82, 2.24) is 0 Å². The van der Waals surface area contributed by atoms with E-state index in [4.69, 9.17) is 4.74 Å². The Labute approximate surface area is 116 Å². The molecule has 0 aromatic heterocycles. The molecule has 0 bridgehead atoms. The highest BCUT2D eigenvalue weighted by Gasteiger charge is 2.33. The summed E-state index contributed by atoms with van der Waals surface area (Å²) in [5.41, 5.74) is 4.04. The van der Waals surface area contributed by atoms with E-state index in [0.29, 0.717) is 5.75 Å². The van der Waals surface area contributed by atoms with Gasteiger partial charge in [0.2, 0.25) is 0 Å². The van der Waals surface area contributed by atoms with Crippen molar-refractivity contribution >= 4 is 0 Å². The van der Waals surface area contributed by atoms with E-state index in [2.05, 4.69) is 19.1 Å². The number of fused-ring (bicyclic) bond motifs is 1. The fourth-order valence-electron chi connectivity index (χ4n) is 2.81. The molecular formula is C17H24O2. The van der Waals surface area contributed by atoms with E-state index in [1.54, 1.807) is 0 Å². The van der Waals surface area contributed by atoms with Crippen LogP contribution in [0.15, 0.2) is 12.2 Å². The first-order valence-electron chi connectivity index (χ1n) is 7.01.